The molecule has 2 unspecified atom stereocenters. The Kier molecular flexibility index (Phi) is 4.50. The van der Waals surface area contributed by atoms with Crippen LogP contribution in [0.5, 0.6) is 0 Å². The van der Waals surface area contributed by atoms with Gasteiger partial charge in [-0.25, -0.2) is 0 Å². The molecule has 1 fully saturated rings. The van der Waals surface area contributed by atoms with Crippen molar-refractivity contribution in [3.63, 3.8) is 0 Å². The van der Waals surface area contributed by atoms with Gasteiger partial charge in [-0.1, -0.05) is 19.1 Å². The predicted octanol–water partition coefficient (Wildman–Crippen LogP) is 2.47. The molecule has 0 aromatic heterocycles. The molecule has 5 nitrogen and oxygen atoms in total. The summed E-state index contributed by atoms with van der Waals surface area (Å²) in [7, 11) is 0. The lowest BCUT2D eigenvalue weighted by atomic mass is 9.90. The van der Waals surface area contributed by atoms with Crippen LogP contribution in [-0.2, 0) is 0 Å². The molecule has 1 aliphatic heterocycles. The molecule has 1 aliphatic rings. The topological polar surface area (TPSA) is 72.4 Å². The van der Waals surface area contributed by atoms with Crippen molar-refractivity contribution in [2.75, 3.05) is 13.1 Å². The average molecular weight is 263 g/mol. The van der Waals surface area contributed by atoms with E-state index in [0.29, 0.717) is 0 Å². The summed E-state index contributed by atoms with van der Waals surface area (Å²) in [5.74, 6) is 0. The Morgan fingerprint density at radius 3 is 3.00 bits per heavy atom. The van der Waals surface area contributed by atoms with E-state index in [1.807, 2.05) is 6.07 Å². The molecule has 0 spiro atoms. The quantitative estimate of drug-likeness (QED) is 0.669. The molecule has 5 heteroatoms. The molecule has 1 saturated heterocycles. The standard InChI is InChI=1S/C14H21N3O2/c1-2-8-16-9-4-7-13(15)14(16)11-5-3-6-12(10-11)17(18)19/h3,5-6,10,13-14H,2,4,7-9,15H2,1H3. The van der Waals surface area contributed by atoms with Gasteiger partial charge in [0.25, 0.3) is 5.69 Å². The molecular formula is C14H21N3O2. The van der Waals surface area contributed by atoms with Gasteiger partial charge in [0.2, 0.25) is 0 Å². The summed E-state index contributed by atoms with van der Waals surface area (Å²) in [4.78, 5) is 12.9. The summed E-state index contributed by atoms with van der Waals surface area (Å²) in [5, 5.41) is 10.9. The summed E-state index contributed by atoms with van der Waals surface area (Å²) < 4.78 is 0. The molecule has 0 aliphatic carbocycles. The van der Waals surface area contributed by atoms with Crippen LogP contribution in [-0.4, -0.2) is 29.0 Å². The van der Waals surface area contributed by atoms with Crippen LogP contribution in [0, 0.1) is 10.1 Å². The zero-order valence-corrected chi connectivity index (χ0v) is 11.3. The second kappa shape index (κ2) is 6.12. The largest absolute Gasteiger partial charge is 0.326 e. The fraction of sp³-hybridized carbons (Fsp3) is 0.571. The van der Waals surface area contributed by atoms with E-state index in [0.717, 1.165) is 37.9 Å². The van der Waals surface area contributed by atoms with E-state index in [1.165, 1.54) is 6.07 Å². The Bertz CT molecular complexity index is 448. The van der Waals surface area contributed by atoms with Gasteiger partial charge >= 0.3 is 0 Å². The zero-order chi connectivity index (χ0) is 13.8. The van der Waals surface area contributed by atoms with Crippen molar-refractivity contribution in [2.24, 2.45) is 5.73 Å². The summed E-state index contributed by atoms with van der Waals surface area (Å²) in [6.45, 7) is 4.15. The van der Waals surface area contributed by atoms with Crippen LogP contribution in [0.15, 0.2) is 24.3 Å². The molecule has 1 aromatic carbocycles. The van der Waals surface area contributed by atoms with Crippen molar-refractivity contribution >= 4 is 5.69 Å². The van der Waals surface area contributed by atoms with Gasteiger partial charge in [0, 0.05) is 18.2 Å². The van der Waals surface area contributed by atoms with Crippen molar-refractivity contribution in [1.29, 1.82) is 0 Å². The summed E-state index contributed by atoms with van der Waals surface area (Å²) in [6, 6.07) is 7.06. The summed E-state index contributed by atoms with van der Waals surface area (Å²) >= 11 is 0. The minimum Gasteiger partial charge on any atom is -0.326 e. The normalized spacial score (nSPS) is 24.3. The number of nitrogens with zero attached hydrogens (tertiary/aromatic N) is 2. The highest BCUT2D eigenvalue weighted by atomic mass is 16.6. The van der Waals surface area contributed by atoms with Crippen molar-refractivity contribution < 1.29 is 4.92 Å². The average Bonchev–Trinajstić information content (AvgIpc) is 2.39. The van der Waals surface area contributed by atoms with Crippen LogP contribution in [0.2, 0.25) is 0 Å². The van der Waals surface area contributed by atoms with Gasteiger partial charge in [-0.2, -0.15) is 0 Å². The van der Waals surface area contributed by atoms with Gasteiger partial charge in [-0.05, 0) is 37.9 Å². The van der Waals surface area contributed by atoms with Gasteiger partial charge in [0.1, 0.15) is 0 Å². The third kappa shape index (κ3) is 3.11. The second-order valence-electron chi connectivity index (χ2n) is 5.14. The summed E-state index contributed by atoms with van der Waals surface area (Å²) in [6.07, 6.45) is 3.15. The van der Waals surface area contributed by atoms with E-state index in [2.05, 4.69) is 11.8 Å². The Balaban J connectivity index is 2.29. The minimum absolute atomic E-state index is 0.0577. The number of nitro groups is 1. The first kappa shape index (κ1) is 14.0. The third-order valence-corrected chi connectivity index (χ3v) is 3.72. The number of likely N-dealkylation sites (tertiary alicyclic amines) is 1. The minimum atomic E-state index is -0.345. The maximum absolute atomic E-state index is 10.9. The molecule has 19 heavy (non-hydrogen) atoms. The first-order valence-corrected chi connectivity index (χ1v) is 6.87. The lowest BCUT2D eigenvalue weighted by molar-refractivity contribution is -0.385. The first-order chi connectivity index (χ1) is 9.13. The van der Waals surface area contributed by atoms with Gasteiger partial charge in [0.05, 0.1) is 11.0 Å². The molecule has 2 atom stereocenters. The Hall–Kier alpha value is -1.46. The molecule has 1 aromatic rings. The molecular weight excluding hydrogens is 242 g/mol. The maximum Gasteiger partial charge on any atom is 0.269 e. The predicted molar refractivity (Wildman–Crippen MR) is 74.9 cm³/mol. The second-order valence-corrected chi connectivity index (χ2v) is 5.14. The smallest absolute Gasteiger partial charge is 0.269 e. The fourth-order valence-corrected chi connectivity index (χ4v) is 2.92. The van der Waals surface area contributed by atoms with Gasteiger partial charge in [0.15, 0.2) is 0 Å². The Morgan fingerprint density at radius 1 is 1.53 bits per heavy atom. The molecule has 2 N–H and O–H groups in total. The number of hydrogen-bond donors (Lipinski definition) is 1. The van der Waals surface area contributed by atoms with Crippen molar-refractivity contribution in [3.05, 3.63) is 39.9 Å². The van der Waals surface area contributed by atoms with E-state index >= 15 is 0 Å². The van der Waals surface area contributed by atoms with Crippen LogP contribution >= 0.6 is 0 Å². The van der Waals surface area contributed by atoms with Gasteiger partial charge in [-0.3, -0.25) is 15.0 Å². The third-order valence-electron chi connectivity index (χ3n) is 3.72. The van der Waals surface area contributed by atoms with Crippen molar-refractivity contribution in [2.45, 2.75) is 38.3 Å². The van der Waals surface area contributed by atoms with Crippen LogP contribution in [0.25, 0.3) is 0 Å². The van der Waals surface area contributed by atoms with Crippen LogP contribution in [0.4, 0.5) is 5.69 Å². The molecule has 0 bridgehead atoms. The Labute approximate surface area is 113 Å². The van der Waals surface area contributed by atoms with E-state index in [1.54, 1.807) is 12.1 Å². The SMILES string of the molecule is CCCN1CCCC(N)C1c1cccc([N+](=O)[O-])c1. The van der Waals surface area contributed by atoms with E-state index in [4.69, 9.17) is 5.73 Å². The molecule has 0 radical (unpaired) electrons. The molecule has 2 rings (SSSR count). The van der Waals surface area contributed by atoms with E-state index in [-0.39, 0.29) is 22.7 Å². The number of benzene rings is 1. The number of piperidine rings is 1. The zero-order valence-electron chi connectivity index (χ0n) is 11.3. The van der Waals surface area contributed by atoms with Crippen molar-refractivity contribution in [1.82, 2.24) is 4.90 Å². The number of nitrogens with two attached hydrogens (primary N) is 1. The van der Waals surface area contributed by atoms with E-state index < -0.39 is 0 Å². The molecule has 104 valence electrons. The lowest BCUT2D eigenvalue weighted by Gasteiger charge is -2.40. The van der Waals surface area contributed by atoms with Gasteiger partial charge in [-0.15, -0.1) is 0 Å². The van der Waals surface area contributed by atoms with Gasteiger partial charge < -0.3 is 5.73 Å². The van der Waals surface area contributed by atoms with E-state index in [9.17, 15) is 10.1 Å². The Morgan fingerprint density at radius 2 is 2.32 bits per heavy atom. The summed E-state index contributed by atoms with van der Waals surface area (Å²) in [5.41, 5.74) is 7.36. The number of non-ortho nitro benzene ring substituents is 1. The fourth-order valence-electron chi connectivity index (χ4n) is 2.92. The first-order valence-electron chi connectivity index (χ1n) is 6.87. The van der Waals surface area contributed by atoms with Crippen LogP contribution in [0.3, 0.4) is 0 Å². The highest BCUT2D eigenvalue weighted by molar-refractivity contribution is 5.36. The lowest BCUT2D eigenvalue weighted by Crippen LogP contribution is -2.46. The highest BCUT2D eigenvalue weighted by Crippen LogP contribution is 2.31. The molecule has 0 saturated carbocycles. The monoisotopic (exact) mass is 263 g/mol. The highest BCUT2D eigenvalue weighted by Gasteiger charge is 2.30. The number of rotatable bonds is 4. The maximum atomic E-state index is 10.9. The van der Waals surface area contributed by atoms with Crippen molar-refractivity contribution in [3.8, 4) is 0 Å². The van der Waals surface area contributed by atoms with Crippen LogP contribution < -0.4 is 5.73 Å². The molecule has 0 amide bonds. The number of hydrogen-bond acceptors (Lipinski definition) is 4. The van der Waals surface area contributed by atoms with Crippen LogP contribution in [0.1, 0.15) is 37.8 Å². The molecule has 1 heterocycles. The number of nitro benzene ring substituents is 1.